The van der Waals surface area contributed by atoms with Crippen LogP contribution in [0.25, 0.3) is 0 Å². The molecule has 0 saturated carbocycles. The van der Waals surface area contributed by atoms with E-state index in [0.717, 1.165) is 24.2 Å². The third kappa shape index (κ3) is 6.83. The van der Waals surface area contributed by atoms with Crippen LogP contribution in [0.2, 0.25) is 5.02 Å². The first-order chi connectivity index (χ1) is 17.0. The summed E-state index contributed by atoms with van der Waals surface area (Å²) in [5.41, 5.74) is 2.19. The van der Waals surface area contributed by atoms with Gasteiger partial charge in [-0.15, -0.1) is 0 Å². The number of aryl methyl sites for hydroxylation is 1. The summed E-state index contributed by atoms with van der Waals surface area (Å²) in [5, 5.41) is 11.7. The number of para-hydroxylation sites is 1. The number of ether oxygens (including phenoxy) is 3. The van der Waals surface area contributed by atoms with Crippen molar-refractivity contribution in [2.75, 3.05) is 13.2 Å². The molecule has 3 aromatic rings. The fraction of sp³-hybridized carbons (Fsp3) is 0.286. The number of halogens is 1. The van der Waals surface area contributed by atoms with Gasteiger partial charge >= 0.3 is 29.6 Å². The van der Waals surface area contributed by atoms with Crippen molar-refractivity contribution in [2.24, 2.45) is 0 Å². The molecule has 8 heteroatoms. The SMILES string of the molecule is CCOc1ccccc1CCCC(=O)c1ccc(Oc2cc3c(cc2Cl)C(C(=O)[O-])CCO3)cc1.[Na+]. The summed E-state index contributed by atoms with van der Waals surface area (Å²) in [6.07, 6.45) is 2.24. The van der Waals surface area contributed by atoms with Gasteiger partial charge in [-0.25, -0.2) is 0 Å². The Morgan fingerprint density at radius 2 is 1.83 bits per heavy atom. The minimum Gasteiger partial charge on any atom is -0.549 e. The number of ketones is 1. The molecule has 1 aliphatic heterocycles. The largest absolute Gasteiger partial charge is 1.00 e. The molecule has 0 spiro atoms. The van der Waals surface area contributed by atoms with Gasteiger partial charge in [0.05, 0.1) is 18.2 Å². The first-order valence-corrected chi connectivity index (χ1v) is 12.0. The molecule has 1 atom stereocenters. The summed E-state index contributed by atoms with van der Waals surface area (Å²) in [7, 11) is 0. The van der Waals surface area contributed by atoms with Gasteiger partial charge in [-0.1, -0.05) is 29.8 Å². The predicted octanol–water partition coefficient (Wildman–Crippen LogP) is 2.36. The van der Waals surface area contributed by atoms with Crippen molar-refractivity contribution in [3.8, 4) is 23.0 Å². The van der Waals surface area contributed by atoms with Crippen LogP contribution in [0.15, 0.2) is 60.7 Å². The third-order valence-corrected chi connectivity index (χ3v) is 6.21. The molecule has 4 rings (SSSR count). The number of rotatable bonds is 10. The van der Waals surface area contributed by atoms with E-state index in [-0.39, 0.29) is 47.0 Å². The fourth-order valence-corrected chi connectivity index (χ4v) is 4.35. The number of carbonyl (C=O) groups excluding carboxylic acids is 2. The van der Waals surface area contributed by atoms with Crippen LogP contribution >= 0.6 is 11.6 Å². The summed E-state index contributed by atoms with van der Waals surface area (Å²) in [4.78, 5) is 24.0. The van der Waals surface area contributed by atoms with Crippen LogP contribution < -0.4 is 48.9 Å². The number of benzene rings is 3. The number of carboxylic acids is 1. The predicted molar refractivity (Wildman–Crippen MR) is 131 cm³/mol. The number of carboxylic acid groups (broad SMARTS) is 1. The van der Waals surface area contributed by atoms with E-state index in [1.54, 1.807) is 36.4 Å². The smallest absolute Gasteiger partial charge is 0.549 e. The molecule has 6 nitrogen and oxygen atoms in total. The van der Waals surface area contributed by atoms with Crippen LogP contribution in [-0.2, 0) is 11.2 Å². The Labute approximate surface area is 237 Å². The van der Waals surface area contributed by atoms with Gasteiger partial charge in [0.15, 0.2) is 5.78 Å². The van der Waals surface area contributed by atoms with Crippen molar-refractivity contribution in [1.82, 2.24) is 0 Å². The van der Waals surface area contributed by atoms with Crippen molar-refractivity contribution in [3.63, 3.8) is 0 Å². The van der Waals surface area contributed by atoms with E-state index < -0.39 is 11.9 Å². The Balaban J connectivity index is 0.00000361. The van der Waals surface area contributed by atoms with E-state index in [1.807, 2.05) is 31.2 Å². The molecule has 182 valence electrons. The minimum atomic E-state index is -1.15. The van der Waals surface area contributed by atoms with Gasteiger partial charge in [-0.2, -0.15) is 0 Å². The van der Waals surface area contributed by atoms with Crippen molar-refractivity contribution in [2.45, 2.75) is 38.5 Å². The van der Waals surface area contributed by atoms with Gasteiger partial charge in [-0.05, 0) is 68.1 Å². The first-order valence-electron chi connectivity index (χ1n) is 11.6. The summed E-state index contributed by atoms with van der Waals surface area (Å²) >= 11 is 6.34. The molecule has 0 N–H and O–H groups in total. The monoisotopic (exact) mass is 516 g/mol. The Morgan fingerprint density at radius 3 is 2.56 bits per heavy atom. The third-order valence-electron chi connectivity index (χ3n) is 5.91. The van der Waals surface area contributed by atoms with Gasteiger partial charge < -0.3 is 24.1 Å². The molecule has 0 fully saturated rings. The quantitative estimate of drug-likeness (QED) is 0.304. The van der Waals surface area contributed by atoms with Gasteiger partial charge in [0.2, 0.25) is 0 Å². The maximum absolute atomic E-state index is 12.7. The number of hydrogen-bond donors (Lipinski definition) is 0. The normalized spacial score (nSPS) is 14.1. The summed E-state index contributed by atoms with van der Waals surface area (Å²) < 4.78 is 17.1. The number of hydrogen-bond acceptors (Lipinski definition) is 6. The molecule has 1 aliphatic rings. The molecule has 0 amide bonds. The van der Waals surface area contributed by atoms with Crippen LogP contribution in [0.3, 0.4) is 0 Å². The average molecular weight is 517 g/mol. The summed E-state index contributed by atoms with van der Waals surface area (Å²) in [6.45, 7) is 2.84. The zero-order valence-corrected chi connectivity index (χ0v) is 23.2. The van der Waals surface area contributed by atoms with Crippen LogP contribution in [-0.4, -0.2) is 25.0 Å². The number of carbonyl (C=O) groups is 2. The molecule has 0 saturated heterocycles. The zero-order valence-electron chi connectivity index (χ0n) is 20.4. The van der Waals surface area contributed by atoms with E-state index in [4.69, 9.17) is 25.8 Å². The standard InChI is InChI=1S/C28H27ClO6.Na/c1-2-33-25-9-4-3-6-19(25)7-5-8-24(30)18-10-12-20(13-11-18)35-27-17-26-22(16-23(27)29)21(28(31)32)14-15-34-26;/h3-4,6,9-13,16-17,21H,2,5,7-8,14-15H2,1H3,(H,31,32);/q;+1/p-1. The first kappa shape index (κ1) is 28.1. The van der Waals surface area contributed by atoms with Crippen LogP contribution in [0.5, 0.6) is 23.0 Å². The van der Waals surface area contributed by atoms with E-state index in [0.29, 0.717) is 47.8 Å². The van der Waals surface area contributed by atoms with Gasteiger partial charge in [0.25, 0.3) is 0 Å². The van der Waals surface area contributed by atoms with Crippen LogP contribution in [0, 0.1) is 0 Å². The van der Waals surface area contributed by atoms with Gasteiger partial charge in [0, 0.05) is 35.5 Å². The maximum Gasteiger partial charge on any atom is 1.00 e. The zero-order chi connectivity index (χ0) is 24.8. The van der Waals surface area contributed by atoms with Crippen LogP contribution in [0.1, 0.15) is 53.6 Å². The second-order valence-corrected chi connectivity index (χ2v) is 8.68. The topological polar surface area (TPSA) is 84.9 Å². The second-order valence-electron chi connectivity index (χ2n) is 8.27. The van der Waals surface area contributed by atoms with E-state index in [2.05, 4.69) is 0 Å². The molecule has 1 unspecified atom stereocenters. The molecule has 3 aromatic carbocycles. The minimum absolute atomic E-state index is 0. The van der Waals surface area contributed by atoms with Crippen LogP contribution in [0.4, 0.5) is 0 Å². The van der Waals surface area contributed by atoms with Gasteiger partial charge in [-0.3, -0.25) is 4.79 Å². The summed E-state index contributed by atoms with van der Waals surface area (Å²) in [5.74, 6) is 0.269. The van der Waals surface area contributed by atoms with E-state index in [1.165, 1.54) is 0 Å². The Kier molecular flexibility index (Phi) is 10.3. The van der Waals surface area contributed by atoms with E-state index >= 15 is 0 Å². The number of Topliss-reactive ketones (excluding diaryl/α,β-unsaturated/α-hetero) is 1. The fourth-order valence-electron chi connectivity index (χ4n) is 4.14. The van der Waals surface area contributed by atoms with Crippen molar-refractivity contribution in [3.05, 3.63) is 82.4 Å². The second kappa shape index (κ2) is 13.2. The maximum atomic E-state index is 12.7. The molecular weight excluding hydrogens is 491 g/mol. The molecule has 0 bridgehead atoms. The molecule has 0 radical (unpaired) electrons. The molecule has 1 heterocycles. The Hall–Kier alpha value is -2.51. The van der Waals surface area contributed by atoms with E-state index in [9.17, 15) is 14.7 Å². The number of aliphatic carboxylic acids is 1. The van der Waals surface area contributed by atoms with Gasteiger partial charge in [0.1, 0.15) is 23.0 Å². The Morgan fingerprint density at radius 1 is 1.08 bits per heavy atom. The molecule has 0 aliphatic carbocycles. The molecule has 0 aromatic heterocycles. The number of fused-ring (bicyclic) bond motifs is 1. The summed E-state index contributed by atoms with van der Waals surface area (Å²) in [6, 6.07) is 17.9. The average Bonchev–Trinajstić information content (AvgIpc) is 2.85. The molecule has 36 heavy (non-hydrogen) atoms. The Bertz CT molecular complexity index is 1210. The molecular formula is C28H26ClNaO6. The van der Waals surface area contributed by atoms with Crippen molar-refractivity contribution < 1.29 is 58.5 Å². The van der Waals surface area contributed by atoms with Crippen molar-refractivity contribution >= 4 is 23.4 Å². The van der Waals surface area contributed by atoms with Crippen molar-refractivity contribution in [1.29, 1.82) is 0 Å².